The molecule has 1 aromatic carbocycles. The number of carbonyl (C=O) groups excluding carboxylic acids is 1. The van der Waals surface area contributed by atoms with Gasteiger partial charge in [-0.2, -0.15) is 0 Å². The van der Waals surface area contributed by atoms with Gasteiger partial charge in [-0.1, -0.05) is 23.7 Å². The Bertz CT molecular complexity index is 643. The van der Waals surface area contributed by atoms with E-state index in [1.54, 1.807) is 25.1 Å². The Morgan fingerprint density at radius 1 is 1.35 bits per heavy atom. The number of nitrogens with zero attached hydrogens (tertiary/aromatic N) is 2. The molecule has 0 bridgehead atoms. The number of pyridine rings is 1. The monoisotopic (exact) mass is 289 g/mol. The number of halogens is 1. The fourth-order valence-electron chi connectivity index (χ4n) is 1.87. The molecule has 0 radical (unpaired) electrons. The first kappa shape index (κ1) is 14.3. The lowest BCUT2D eigenvalue weighted by molar-refractivity contribution is 0.0993. The number of nitrogens with one attached hydrogen (secondary N) is 1. The second-order valence-electron chi connectivity index (χ2n) is 4.50. The van der Waals surface area contributed by atoms with E-state index in [1.165, 1.54) is 6.20 Å². The van der Waals surface area contributed by atoms with Gasteiger partial charge in [0.15, 0.2) is 0 Å². The zero-order chi connectivity index (χ0) is 14.7. The molecule has 5 heteroatoms. The van der Waals surface area contributed by atoms with Gasteiger partial charge < -0.3 is 10.2 Å². The maximum atomic E-state index is 12.5. The summed E-state index contributed by atoms with van der Waals surface area (Å²) >= 11 is 6.07. The van der Waals surface area contributed by atoms with Crippen LogP contribution in [0.25, 0.3) is 0 Å². The molecule has 0 unspecified atom stereocenters. The van der Waals surface area contributed by atoms with E-state index in [-0.39, 0.29) is 5.91 Å². The Kier molecular flexibility index (Phi) is 4.25. The Morgan fingerprint density at radius 3 is 2.75 bits per heavy atom. The van der Waals surface area contributed by atoms with Gasteiger partial charge in [0.1, 0.15) is 5.82 Å². The fourth-order valence-corrected chi connectivity index (χ4v) is 2.06. The highest BCUT2D eigenvalue weighted by atomic mass is 35.5. The summed E-state index contributed by atoms with van der Waals surface area (Å²) in [5.74, 6) is 0.440. The van der Waals surface area contributed by atoms with Gasteiger partial charge in [0.05, 0.1) is 10.6 Å². The maximum absolute atomic E-state index is 12.5. The number of hydrogen-bond donors (Lipinski definition) is 1. The molecule has 0 saturated carbocycles. The Hall–Kier alpha value is -2.07. The first-order valence-corrected chi connectivity index (χ1v) is 6.58. The minimum absolute atomic E-state index is 0.167. The summed E-state index contributed by atoms with van der Waals surface area (Å²) in [4.78, 5) is 18.2. The van der Waals surface area contributed by atoms with Gasteiger partial charge in [-0.3, -0.25) is 4.79 Å². The average Bonchev–Trinajstić information content (AvgIpc) is 2.46. The quantitative estimate of drug-likeness (QED) is 0.942. The van der Waals surface area contributed by atoms with E-state index in [9.17, 15) is 4.79 Å². The first-order chi connectivity index (χ1) is 9.52. The van der Waals surface area contributed by atoms with Crippen LogP contribution in [0.2, 0.25) is 5.02 Å². The van der Waals surface area contributed by atoms with Crippen LogP contribution in [0.3, 0.4) is 0 Å². The summed E-state index contributed by atoms with van der Waals surface area (Å²) in [5.41, 5.74) is 2.35. The SMILES string of the molecule is CNc1cc(C(=O)N(C)c2cccc(C)c2)c(Cl)cn1. The van der Waals surface area contributed by atoms with Gasteiger partial charge in [0, 0.05) is 26.0 Å². The smallest absolute Gasteiger partial charge is 0.259 e. The van der Waals surface area contributed by atoms with Crippen LogP contribution in [-0.4, -0.2) is 25.0 Å². The van der Waals surface area contributed by atoms with Gasteiger partial charge in [-0.15, -0.1) is 0 Å². The number of anilines is 2. The van der Waals surface area contributed by atoms with Crippen molar-refractivity contribution in [1.29, 1.82) is 0 Å². The molecule has 2 aromatic rings. The zero-order valence-electron chi connectivity index (χ0n) is 11.6. The first-order valence-electron chi connectivity index (χ1n) is 6.21. The Labute approximate surface area is 123 Å². The van der Waals surface area contributed by atoms with Crippen molar-refractivity contribution in [3.8, 4) is 0 Å². The fraction of sp³-hybridized carbons (Fsp3) is 0.200. The number of aromatic nitrogens is 1. The summed E-state index contributed by atoms with van der Waals surface area (Å²) < 4.78 is 0. The lowest BCUT2D eigenvalue weighted by Gasteiger charge is -2.18. The Morgan fingerprint density at radius 2 is 2.10 bits per heavy atom. The third-order valence-electron chi connectivity index (χ3n) is 3.04. The number of amides is 1. The number of hydrogen-bond acceptors (Lipinski definition) is 3. The van der Waals surface area contributed by atoms with Crippen molar-refractivity contribution in [3.63, 3.8) is 0 Å². The highest BCUT2D eigenvalue weighted by Gasteiger charge is 2.17. The van der Waals surface area contributed by atoms with Crippen LogP contribution in [0.15, 0.2) is 36.5 Å². The van der Waals surface area contributed by atoms with Crippen LogP contribution in [0.4, 0.5) is 11.5 Å². The summed E-state index contributed by atoms with van der Waals surface area (Å²) in [6, 6.07) is 9.39. The van der Waals surface area contributed by atoms with Crippen molar-refractivity contribution in [2.45, 2.75) is 6.92 Å². The molecule has 0 aliphatic rings. The van der Waals surface area contributed by atoms with E-state index in [0.717, 1.165) is 11.3 Å². The minimum atomic E-state index is -0.167. The average molecular weight is 290 g/mol. The molecule has 0 spiro atoms. The molecular weight excluding hydrogens is 274 g/mol. The number of carbonyl (C=O) groups is 1. The molecular formula is C15H16ClN3O. The third-order valence-corrected chi connectivity index (χ3v) is 3.34. The molecule has 0 aliphatic carbocycles. The van der Waals surface area contributed by atoms with Crippen LogP contribution < -0.4 is 10.2 Å². The van der Waals surface area contributed by atoms with Gasteiger partial charge in [-0.05, 0) is 30.7 Å². The highest BCUT2D eigenvalue weighted by Crippen LogP contribution is 2.22. The van der Waals surface area contributed by atoms with Gasteiger partial charge in [0.25, 0.3) is 5.91 Å². The van der Waals surface area contributed by atoms with Crippen LogP contribution in [0.5, 0.6) is 0 Å². The summed E-state index contributed by atoms with van der Waals surface area (Å²) in [6.45, 7) is 1.99. The summed E-state index contributed by atoms with van der Waals surface area (Å²) in [7, 11) is 3.47. The molecule has 1 heterocycles. The van der Waals surface area contributed by atoms with Crippen LogP contribution in [-0.2, 0) is 0 Å². The van der Waals surface area contributed by atoms with Crippen molar-refractivity contribution in [2.24, 2.45) is 0 Å². The van der Waals surface area contributed by atoms with E-state index >= 15 is 0 Å². The van der Waals surface area contributed by atoms with Gasteiger partial charge >= 0.3 is 0 Å². The zero-order valence-corrected chi connectivity index (χ0v) is 12.4. The summed E-state index contributed by atoms with van der Waals surface area (Å²) in [5, 5.41) is 3.24. The Balaban J connectivity index is 2.36. The molecule has 0 fully saturated rings. The largest absolute Gasteiger partial charge is 0.373 e. The van der Waals surface area contributed by atoms with Crippen LogP contribution >= 0.6 is 11.6 Å². The summed E-state index contributed by atoms with van der Waals surface area (Å²) in [6.07, 6.45) is 1.48. The predicted molar refractivity (Wildman–Crippen MR) is 82.7 cm³/mol. The molecule has 1 amide bonds. The van der Waals surface area contributed by atoms with Gasteiger partial charge in [-0.25, -0.2) is 4.98 Å². The van der Waals surface area contributed by atoms with E-state index in [4.69, 9.17) is 11.6 Å². The molecule has 20 heavy (non-hydrogen) atoms. The second-order valence-corrected chi connectivity index (χ2v) is 4.91. The van der Waals surface area contributed by atoms with Crippen molar-refractivity contribution < 1.29 is 4.79 Å². The van der Waals surface area contributed by atoms with E-state index < -0.39 is 0 Å². The normalized spacial score (nSPS) is 10.2. The van der Waals surface area contributed by atoms with Gasteiger partial charge in [0.2, 0.25) is 0 Å². The van der Waals surface area contributed by atoms with E-state index in [0.29, 0.717) is 16.4 Å². The van der Waals surface area contributed by atoms with Crippen molar-refractivity contribution in [3.05, 3.63) is 52.7 Å². The predicted octanol–water partition coefficient (Wildman–Crippen LogP) is 3.36. The number of aryl methyl sites for hydroxylation is 1. The van der Waals surface area contributed by atoms with Crippen molar-refractivity contribution in [2.75, 3.05) is 24.3 Å². The van der Waals surface area contributed by atoms with Crippen molar-refractivity contribution >= 4 is 29.0 Å². The van der Waals surface area contributed by atoms with E-state index in [2.05, 4.69) is 10.3 Å². The number of rotatable bonds is 3. The lowest BCUT2D eigenvalue weighted by atomic mass is 10.2. The maximum Gasteiger partial charge on any atom is 0.259 e. The molecule has 2 rings (SSSR count). The van der Waals surface area contributed by atoms with E-state index in [1.807, 2.05) is 31.2 Å². The van der Waals surface area contributed by atoms with Crippen LogP contribution in [0, 0.1) is 6.92 Å². The third kappa shape index (κ3) is 2.91. The van der Waals surface area contributed by atoms with Crippen molar-refractivity contribution in [1.82, 2.24) is 4.98 Å². The molecule has 1 N–H and O–H groups in total. The highest BCUT2D eigenvalue weighted by molar-refractivity contribution is 6.34. The molecule has 1 aromatic heterocycles. The molecule has 0 aliphatic heterocycles. The molecule has 0 saturated heterocycles. The molecule has 4 nitrogen and oxygen atoms in total. The minimum Gasteiger partial charge on any atom is -0.373 e. The second kappa shape index (κ2) is 5.92. The molecule has 0 atom stereocenters. The molecule has 104 valence electrons. The topological polar surface area (TPSA) is 45.2 Å². The lowest BCUT2D eigenvalue weighted by Crippen LogP contribution is -2.26. The number of benzene rings is 1. The van der Waals surface area contributed by atoms with Crippen LogP contribution in [0.1, 0.15) is 15.9 Å². The standard InChI is InChI=1S/C15H16ClN3O/c1-10-5-4-6-11(7-10)19(3)15(20)12-8-14(17-2)18-9-13(12)16/h4-9H,1-3H3,(H,17,18).